The van der Waals surface area contributed by atoms with Gasteiger partial charge in [-0.25, -0.2) is 8.42 Å². The zero-order chi connectivity index (χ0) is 20.8. The summed E-state index contributed by atoms with van der Waals surface area (Å²) in [7, 11) is -3.67. The predicted molar refractivity (Wildman–Crippen MR) is 114 cm³/mol. The van der Waals surface area contributed by atoms with Crippen molar-refractivity contribution in [2.75, 3.05) is 11.3 Å². The van der Waals surface area contributed by atoms with Crippen LogP contribution < -0.4 is 4.72 Å². The number of hydrogen-bond donors (Lipinski definition) is 1. The Balaban J connectivity index is 1.52. The highest BCUT2D eigenvalue weighted by Gasteiger charge is 2.34. The van der Waals surface area contributed by atoms with Crippen molar-refractivity contribution in [3.05, 3.63) is 59.2 Å². The Morgan fingerprint density at radius 1 is 1.03 bits per heavy atom. The maximum Gasteiger partial charge on any atom is 0.261 e. The van der Waals surface area contributed by atoms with Gasteiger partial charge in [0.25, 0.3) is 10.0 Å². The van der Waals surface area contributed by atoms with E-state index in [9.17, 15) is 13.2 Å². The number of nitrogens with one attached hydrogen (secondary N) is 1. The highest BCUT2D eigenvalue weighted by molar-refractivity contribution is 7.92. The molecule has 154 valence electrons. The molecule has 0 radical (unpaired) electrons. The van der Waals surface area contributed by atoms with Crippen LogP contribution in [0.5, 0.6) is 0 Å². The molecule has 1 aliphatic carbocycles. The molecule has 5 nitrogen and oxygen atoms in total. The van der Waals surface area contributed by atoms with Crippen LogP contribution in [0.3, 0.4) is 0 Å². The van der Waals surface area contributed by atoms with Crippen LogP contribution in [0, 0.1) is 5.92 Å². The minimum atomic E-state index is -3.67. The monoisotopic (exact) mass is 412 g/mol. The van der Waals surface area contributed by atoms with Crippen LogP contribution in [-0.4, -0.2) is 25.8 Å². The van der Waals surface area contributed by atoms with Gasteiger partial charge in [0, 0.05) is 24.7 Å². The second-order valence-corrected chi connectivity index (χ2v) is 10.8. The van der Waals surface area contributed by atoms with Crippen molar-refractivity contribution in [2.45, 2.75) is 56.9 Å². The molecule has 1 amide bonds. The lowest BCUT2D eigenvalue weighted by atomic mass is 9.87. The zero-order valence-electron chi connectivity index (χ0n) is 17.2. The molecular weight excluding hydrogens is 384 g/mol. The van der Waals surface area contributed by atoms with Gasteiger partial charge in [0.15, 0.2) is 0 Å². The number of carbonyl (C=O) groups excluding carboxylic acids is 1. The molecule has 0 saturated heterocycles. The first-order valence-electron chi connectivity index (χ1n) is 10.2. The number of carbonyl (C=O) groups is 1. The van der Waals surface area contributed by atoms with Crippen LogP contribution in [0.2, 0.25) is 0 Å². The largest absolute Gasteiger partial charge is 0.338 e. The van der Waals surface area contributed by atoms with E-state index in [1.807, 2.05) is 29.2 Å². The Labute approximate surface area is 173 Å². The third-order valence-electron chi connectivity index (χ3n) is 5.74. The highest BCUT2D eigenvalue weighted by atomic mass is 32.2. The standard InChI is InChI=1S/C23H28N2O3S/c1-23(2,3)19-7-10-21(11-8-19)29(27,28)24-20-9-6-16-12-13-25(15-18(16)14-20)22(26)17-4-5-17/h6-11,14,17,24H,4-5,12-13,15H2,1-3H3. The van der Waals surface area contributed by atoms with Crippen molar-refractivity contribution in [3.63, 3.8) is 0 Å². The predicted octanol–water partition coefficient (Wildman–Crippen LogP) is 4.08. The number of benzene rings is 2. The van der Waals surface area contributed by atoms with E-state index in [2.05, 4.69) is 25.5 Å². The molecule has 0 unspecified atom stereocenters. The fourth-order valence-electron chi connectivity index (χ4n) is 3.75. The average molecular weight is 413 g/mol. The summed E-state index contributed by atoms with van der Waals surface area (Å²) in [6.07, 6.45) is 2.81. The van der Waals surface area contributed by atoms with Crippen molar-refractivity contribution in [2.24, 2.45) is 5.92 Å². The van der Waals surface area contributed by atoms with E-state index >= 15 is 0 Å². The number of sulfonamides is 1. The molecule has 1 saturated carbocycles. The molecule has 2 aliphatic rings. The lowest BCUT2D eigenvalue weighted by molar-refractivity contribution is -0.133. The summed E-state index contributed by atoms with van der Waals surface area (Å²) in [4.78, 5) is 14.5. The lowest BCUT2D eigenvalue weighted by Gasteiger charge is -2.29. The van der Waals surface area contributed by atoms with Gasteiger partial charge in [0.05, 0.1) is 4.90 Å². The summed E-state index contributed by atoms with van der Waals surface area (Å²) in [5.74, 6) is 0.440. The van der Waals surface area contributed by atoms with Crippen LogP contribution in [-0.2, 0) is 33.2 Å². The molecule has 0 atom stereocenters. The van der Waals surface area contributed by atoms with E-state index in [0.29, 0.717) is 12.2 Å². The van der Waals surface area contributed by atoms with Crippen LogP contribution in [0.4, 0.5) is 5.69 Å². The Morgan fingerprint density at radius 2 is 1.72 bits per heavy atom. The molecule has 6 heteroatoms. The number of amides is 1. The van der Waals surface area contributed by atoms with E-state index in [1.165, 1.54) is 5.56 Å². The van der Waals surface area contributed by atoms with Crippen LogP contribution in [0.25, 0.3) is 0 Å². The molecule has 1 heterocycles. The molecule has 1 fully saturated rings. The summed E-state index contributed by atoms with van der Waals surface area (Å²) in [6.45, 7) is 7.59. The van der Waals surface area contributed by atoms with E-state index in [-0.39, 0.29) is 22.1 Å². The van der Waals surface area contributed by atoms with Crippen LogP contribution >= 0.6 is 0 Å². The average Bonchev–Trinajstić information content (AvgIpc) is 3.51. The minimum Gasteiger partial charge on any atom is -0.338 e. The maximum atomic E-state index is 12.8. The molecule has 29 heavy (non-hydrogen) atoms. The van der Waals surface area contributed by atoms with Gasteiger partial charge in [0.2, 0.25) is 5.91 Å². The first kappa shape index (κ1) is 20.0. The van der Waals surface area contributed by atoms with Crippen LogP contribution in [0.15, 0.2) is 47.4 Å². The van der Waals surface area contributed by atoms with Gasteiger partial charge in [-0.05, 0) is 65.6 Å². The van der Waals surface area contributed by atoms with Gasteiger partial charge in [0.1, 0.15) is 0 Å². The fraction of sp³-hybridized carbons (Fsp3) is 0.435. The number of nitrogens with zero attached hydrogens (tertiary/aromatic N) is 1. The molecular formula is C23H28N2O3S. The van der Waals surface area contributed by atoms with E-state index < -0.39 is 10.0 Å². The van der Waals surface area contributed by atoms with Crippen molar-refractivity contribution in [1.82, 2.24) is 4.90 Å². The summed E-state index contributed by atoms with van der Waals surface area (Å²) < 4.78 is 28.3. The Kier molecular flexibility index (Phi) is 4.93. The molecule has 2 aromatic carbocycles. The Hall–Kier alpha value is -2.34. The number of fused-ring (bicyclic) bond motifs is 1. The SMILES string of the molecule is CC(C)(C)c1ccc(S(=O)(=O)Nc2ccc3c(c2)CN(C(=O)C2CC2)CC3)cc1. The van der Waals surface area contributed by atoms with E-state index in [1.54, 1.807) is 18.2 Å². The smallest absolute Gasteiger partial charge is 0.261 e. The third-order valence-corrected chi connectivity index (χ3v) is 7.14. The van der Waals surface area contributed by atoms with Crippen molar-refractivity contribution in [1.29, 1.82) is 0 Å². The summed E-state index contributed by atoms with van der Waals surface area (Å²) in [5, 5.41) is 0. The van der Waals surface area contributed by atoms with E-state index in [4.69, 9.17) is 0 Å². The molecule has 0 bridgehead atoms. The number of rotatable bonds is 4. The lowest BCUT2D eigenvalue weighted by Crippen LogP contribution is -2.36. The van der Waals surface area contributed by atoms with Crippen LogP contribution in [0.1, 0.15) is 50.3 Å². The van der Waals surface area contributed by atoms with Crippen molar-refractivity contribution < 1.29 is 13.2 Å². The topological polar surface area (TPSA) is 66.5 Å². The van der Waals surface area contributed by atoms with Gasteiger partial charge in [-0.2, -0.15) is 0 Å². The summed E-state index contributed by atoms with van der Waals surface area (Å²) in [5.41, 5.74) is 3.80. The molecule has 0 aromatic heterocycles. The molecule has 1 N–H and O–H groups in total. The van der Waals surface area contributed by atoms with Crippen molar-refractivity contribution >= 4 is 21.6 Å². The Bertz CT molecular complexity index is 1030. The summed E-state index contributed by atoms with van der Waals surface area (Å²) >= 11 is 0. The summed E-state index contributed by atoms with van der Waals surface area (Å²) in [6, 6.07) is 12.7. The second-order valence-electron chi connectivity index (χ2n) is 9.15. The van der Waals surface area contributed by atoms with Gasteiger partial charge in [-0.15, -0.1) is 0 Å². The molecule has 2 aromatic rings. The minimum absolute atomic E-state index is 0.0298. The number of hydrogen-bond acceptors (Lipinski definition) is 3. The first-order chi connectivity index (χ1) is 13.6. The quantitative estimate of drug-likeness (QED) is 0.823. The third kappa shape index (κ3) is 4.32. The molecule has 4 rings (SSSR count). The van der Waals surface area contributed by atoms with Gasteiger partial charge in [-0.3, -0.25) is 9.52 Å². The number of anilines is 1. The Morgan fingerprint density at radius 3 is 2.34 bits per heavy atom. The normalized spacial score (nSPS) is 17.0. The molecule has 1 aliphatic heterocycles. The highest BCUT2D eigenvalue weighted by Crippen LogP contribution is 2.33. The fourth-order valence-corrected chi connectivity index (χ4v) is 4.79. The van der Waals surface area contributed by atoms with Gasteiger partial charge < -0.3 is 4.90 Å². The maximum absolute atomic E-state index is 12.8. The second kappa shape index (κ2) is 7.17. The van der Waals surface area contributed by atoms with Gasteiger partial charge >= 0.3 is 0 Å². The van der Waals surface area contributed by atoms with Crippen molar-refractivity contribution in [3.8, 4) is 0 Å². The first-order valence-corrected chi connectivity index (χ1v) is 11.7. The van der Waals surface area contributed by atoms with Gasteiger partial charge in [-0.1, -0.05) is 39.0 Å². The molecule has 0 spiro atoms. The zero-order valence-corrected chi connectivity index (χ0v) is 18.1. The van der Waals surface area contributed by atoms with E-state index in [0.717, 1.165) is 36.9 Å².